The smallest absolute Gasteiger partial charge is 1.00 e. The number of hydrogen-bond donors (Lipinski definition) is 1. The van der Waals surface area contributed by atoms with Crippen LogP contribution in [0.5, 0.6) is 0 Å². The van der Waals surface area contributed by atoms with Crippen LogP contribution in [0.3, 0.4) is 0 Å². The van der Waals surface area contributed by atoms with E-state index in [1.165, 1.54) is 11.1 Å². The van der Waals surface area contributed by atoms with E-state index < -0.39 is 3.25 Å². The Morgan fingerprint density at radius 2 is 1.09 bits per heavy atom. The zero-order chi connectivity index (χ0) is 40.2. The molecule has 5 aromatic rings. The zero-order valence-corrected chi connectivity index (χ0v) is 41.7. The summed E-state index contributed by atoms with van der Waals surface area (Å²) in [4.78, 5) is 0. The molecule has 0 saturated heterocycles. The van der Waals surface area contributed by atoms with E-state index in [1.807, 2.05) is 139 Å². The van der Waals surface area contributed by atoms with E-state index in [9.17, 15) is 0 Å². The maximum absolute atomic E-state index is 5.46. The van der Waals surface area contributed by atoms with Gasteiger partial charge in [-0.15, -0.1) is 24.4 Å². The van der Waals surface area contributed by atoms with Gasteiger partial charge in [0, 0.05) is 22.8 Å². The van der Waals surface area contributed by atoms with Crippen LogP contribution in [0.15, 0.2) is 158 Å². The van der Waals surface area contributed by atoms with Crippen LogP contribution in [-0.4, -0.2) is 52.2 Å². The molecule has 5 aromatic carbocycles. The van der Waals surface area contributed by atoms with Crippen molar-refractivity contribution in [2.75, 3.05) is 13.2 Å². The normalized spacial score (nSPS) is 9.31. The maximum atomic E-state index is 5.46. The maximum Gasteiger partial charge on any atom is 2.00 e. The summed E-state index contributed by atoms with van der Waals surface area (Å²) in [7, 11) is 0. The van der Waals surface area contributed by atoms with Crippen molar-refractivity contribution in [2.24, 2.45) is 0 Å². The Labute approximate surface area is 407 Å². The number of hydrogen-bond acceptors (Lipinski definition) is 6. The van der Waals surface area contributed by atoms with Crippen molar-refractivity contribution in [3.8, 4) is 0 Å². The van der Waals surface area contributed by atoms with E-state index in [0.29, 0.717) is 9.45 Å². The van der Waals surface area contributed by atoms with Gasteiger partial charge in [0.2, 0.25) is 0 Å². The van der Waals surface area contributed by atoms with Crippen molar-refractivity contribution in [1.82, 2.24) is 0 Å². The van der Waals surface area contributed by atoms with E-state index >= 15 is 0 Å². The van der Waals surface area contributed by atoms with Crippen LogP contribution in [0.4, 0.5) is 0 Å². The molecular formula is C42H43BrCl4MgOS6. The molecule has 55 heavy (non-hydrogen) atoms. The molecular weight excluding hydrogens is 959 g/mol. The van der Waals surface area contributed by atoms with Gasteiger partial charge in [-0.25, -0.2) is 0 Å². The first-order valence-electron chi connectivity index (χ1n) is 15.8. The number of halogens is 5. The van der Waals surface area contributed by atoms with E-state index in [1.54, 1.807) is 11.8 Å². The van der Waals surface area contributed by atoms with Gasteiger partial charge in [0.15, 0.2) is 0 Å². The van der Waals surface area contributed by atoms with Crippen molar-refractivity contribution in [3.05, 3.63) is 187 Å². The number of thiocarbonyl (C=S) groups is 4. The van der Waals surface area contributed by atoms with Gasteiger partial charge in [-0.2, -0.15) is 36.4 Å². The van der Waals surface area contributed by atoms with Crippen LogP contribution >= 0.6 is 120 Å². The van der Waals surface area contributed by atoms with Gasteiger partial charge in [-0.1, -0.05) is 205 Å². The molecule has 0 fully saturated rings. The first-order valence-corrected chi connectivity index (χ1v) is 20.3. The van der Waals surface area contributed by atoms with Gasteiger partial charge in [-0.05, 0) is 67.5 Å². The van der Waals surface area contributed by atoms with Gasteiger partial charge in [0.25, 0.3) is 3.25 Å². The van der Waals surface area contributed by atoms with Gasteiger partial charge in [0.1, 0.15) is 0 Å². The van der Waals surface area contributed by atoms with Crippen LogP contribution in [0.2, 0.25) is 0 Å². The van der Waals surface area contributed by atoms with Crippen molar-refractivity contribution in [1.29, 1.82) is 0 Å². The quantitative estimate of drug-likeness (QED) is 0.0568. The number of ether oxygens (including phenoxy) is 1. The number of rotatable bonds is 7. The first kappa shape index (κ1) is 61.0. The largest absolute Gasteiger partial charge is 2.00 e. The third kappa shape index (κ3) is 42.7. The monoisotopic (exact) mass is 998 g/mol. The molecule has 0 aliphatic heterocycles. The van der Waals surface area contributed by atoms with Crippen LogP contribution < -0.4 is 17.0 Å². The Balaban J connectivity index is -0.000000296. The predicted octanol–water partition coefficient (Wildman–Crippen LogP) is 12.2. The molecule has 1 nitrogen and oxygen atoms in total. The summed E-state index contributed by atoms with van der Waals surface area (Å²) in [5.74, 6) is 0. The molecule has 0 heterocycles. The second-order valence-corrected chi connectivity index (χ2v) is 16.8. The Morgan fingerprint density at radius 3 is 1.35 bits per heavy atom. The minimum absolute atomic E-state index is 0. The molecule has 290 valence electrons. The average Bonchev–Trinajstić information content (AvgIpc) is 3.18. The number of thioether (sulfide) groups is 1. The van der Waals surface area contributed by atoms with Crippen molar-refractivity contribution < 1.29 is 21.7 Å². The van der Waals surface area contributed by atoms with Crippen LogP contribution in [0, 0.1) is 6.07 Å². The minimum Gasteiger partial charge on any atom is -1.00 e. The Hall–Kier alpha value is -0.694. The predicted molar refractivity (Wildman–Crippen MR) is 264 cm³/mol. The average molecular weight is 1000 g/mol. The van der Waals surface area contributed by atoms with E-state index in [4.69, 9.17) is 75.6 Å². The third-order valence-electron chi connectivity index (χ3n) is 5.63. The topological polar surface area (TPSA) is 9.23 Å². The standard InChI is InChI=1S/C15H14S2.C8H8.C7H6S2.C6H5.C4H10O.CCl4.CS2.BrH.Mg/c1-12(13-8-4-2-5-9-13)17-15(16)14-10-6-3-7-11-14;1-2-8-6-4-3-5-7-8;8-7(9)6-4-2-1-3-5-6;1-2-4-6-5-3-1;1-3-5-4-2;2-1(3,4)5;2-1-3;;/h2-12H,1H3;2-7H,1H2;1-5H,(H,8,9);1-5H;3-4H2,1-2H3;;;1H;/q;;;-1;;;;;+2/p-1. The fourth-order valence-corrected chi connectivity index (χ4v) is 5.05. The molecule has 0 aromatic heterocycles. The summed E-state index contributed by atoms with van der Waals surface area (Å²) >= 11 is 43.3. The Bertz CT molecular complexity index is 1600. The molecule has 1 atom stereocenters. The summed E-state index contributed by atoms with van der Waals surface area (Å²) in [5, 5.41) is 0.393. The second kappa shape index (κ2) is 42.9. The summed E-state index contributed by atoms with van der Waals surface area (Å²) in [6.07, 6.45) is 1.83. The van der Waals surface area contributed by atoms with Crippen LogP contribution in [-0.2, 0) is 4.74 Å². The molecule has 0 amide bonds. The molecule has 0 N–H and O–H groups in total. The third-order valence-corrected chi connectivity index (χ3v) is 7.73. The summed E-state index contributed by atoms with van der Waals surface area (Å²) in [6, 6.07) is 52.9. The minimum atomic E-state index is -1.61. The molecule has 0 aliphatic rings. The Morgan fingerprint density at radius 1 is 0.745 bits per heavy atom. The molecule has 5 rings (SSSR count). The molecule has 0 spiro atoms. The number of alkyl halides is 4. The zero-order valence-electron chi connectivity index (χ0n) is 30.7. The number of thiol groups is 1. The van der Waals surface area contributed by atoms with Crippen LogP contribution in [0.1, 0.15) is 48.3 Å². The van der Waals surface area contributed by atoms with Gasteiger partial charge >= 0.3 is 23.1 Å². The molecule has 13 heteroatoms. The van der Waals surface area contributed by atoms with Crippen molar-refractivity contribution in [3.63, 3.8) is 0 Å². The van der Waals surface area contributed by atoms with E-state index in [0.717, 1.165) is 28.5 Å². The molecule has 0 bridgehead atoms. The molecule has 1 unspecified atom stereocenters. The first-order chi connectivity index (χ1) is 25.3. The summed E-state index contributed by atoms with van der Waals surface area (Å²) < 4.78 is 6.75. The van der Waals surface area contributed by atoms with Crippen molar-refractivity contribution >= 4 is 162 Å². The van der Waals surface area contributed by atoms with Gasteiger partial charge in [-0.3, -0.25) is 0 Å². The van der Waals surface area contributed by atoms with Crippen LogP contribution in [0.25, 0.3) is 6.08 Å². The summed E-state index contributed by atoms with van der Waals surface area (Å²) in [6.45, 7) is 11.5. The van der Waals surface area contributed by atoms with E-state index in [2.05, 4.69) is 93.0 Å². The molecule has 0 saturated carbocycles. The second-order valence-electron chi connectivity index (χ2n) is 9.48. The van der Waals surface area contributed by atoms with Gasteiger partial charge in [0.05, 0.1) is 8.39 Å². The fourth-order valence-electron chi connectivity index (χ4n) is 3.31. The summed E-state index contributed by atoms with van der Waals surface area (Å²) in [5.41, 5.74) is 4.63. The Kier molecular flexibility index (Phi) is 47.6. The molecule has 0 radical (unpaired) electrons. The SMILES string of the molecule is C=Cc1ccccc1.CC(SC(=S)c1ccccc1)c1ccccc1.CCOCC.ClC(Cl)(Cl)Cl.S=C(S)c1ccccc1.S=C=S.[Br-].[Mg+2].[c-]1ccccc1. The van der Waals surface area contributed by atoms with Crippen molar-refractivity contribution in [2.45, 2.75) is 29.3 Å². The molecule has 0 aliphatic carbocycles. The fraction of sp³-hybridized carbons (Fsp3) is 0.167. The number of benzene rings is 5. The van der Waals surface area contributed by atoms with E-state index in [-0.39, 0.29) is 40.0 Å². The van der Waals surface area contributed by atoms with Gasteiger partial charge < -0.3 is 21.7 Å².